The van der Waals surface area contributed by atoms with E-state index in [9.17, 15) is 5.11 Å². The lowest BCUT2D eigenvalue weighted by molar-refractivity contribution is 0.475. The number of anilines is 1. The molecule has 1 aromatic carbocycles. The Labute approximate surface area is 100 Å². The molecule has 0 amide bonds. The number of aromatic hydroxyl groups is 1. The lowest BCUT2D eigenvalue weighted by atomic mass is 10.2. The summed E-state index contributed by atoms with van der Waals surface area (Å²) < 4.78 is 0. The molecule has 4 nitrogen and oxygen atoms in total. The van der Waals surface area contributed by atoms with E-state index in [2.05, 4.69) is 15.3 Å². The number of hydrogen-bond acceptors (Lipinski definition) is 4. The van der Waals surface area contributed by atoms with Gasteiger partial charge >= 0.3 is 0 Å². The number of benzene rings is 1. The van der Waals surface area contributed by atoms with Gasteiger partial charge in [0, 0.05) is 18.3 Å². The first-order chi connectivity index (χ1) is 8.13. The van der Waals surface area contributed by atoms with Crippen molar-refractivity contribution >= 4 is 5.82 Å². The number of rotatable bonds is 3. The van der Waals surface area contributed by atoms with Gasteiger partial charge < -0.3 is 10.4 Å². The molecule has 2 N–H and O–H groups in total. The molecule has 0 bridgehead atoms. The minimum Gasteiger partial charge on any atom is -0.508 e. The standard InChI is InChI=1S/C13H15N3O/c1-9-7-13(16-10(2)15-9)14-8-11-3-5-12(17)6-4-11/h3-7,17H,8H2,1-2H3,(H,14,15,16). The summed E-state index contributed by atoms with van der Waals surface area (Å²) in [6.45, 7) is 4.50. The third-order valence-electron chi connectivity index (χ3n) is 2.38. The third-order valence-corrected chi connectivity index (χ3v) is 2.38. The lowest BCUT2D eigenvalue weighted by Gasteiger charge is -2.07. The van der Waals surface area contributed by atoms with Crippen molar-refractivity contribution in [3.63, 3.8) is 0 Å². The Morgan fingerprint density at radius 2 is 1.82 bits per heavy atom. The Hall–Kier alpha value is -2.10. The van der Waals surface area contributed by atoms with Gasteiger partial charge in [-0.15, -0.1) is 0 Å². The summed E-state index contributed by atoms with van der Waals surface area (Å²) in [5.41, 5.74) is 2.04. The highest BCUT2D eigenvalue weighted by Gasteiger charge is 1.99. The minimum atomic E-state index is 0.280. The van der Waals surface area contributed by atoms with Crippen LogP contribution in [0.2, 0.25) is 0 Å². The highest BCUT2D eigenvalue weighted by Crippen LogP contribution is 2.12. The maximum absolute atomic E-state index is 9.17. The van der Waals surface area contributed by atoms with Gasteiger partial charge in [-0.3, -0.25) is 0 Å². The predicted octanol–water partition coefficient (Wildman–Crippen LogP) is 2.41. The fourth-order valence-corrected chi connectivity index (χ4v) is 1.61. The number of aryl methyl sites for hydroxylation is 2. The summed E-state index contributed by atoms with van der Waals surface area (Å²) in [5.74, 6) is 1.86. The van der Waals surface area contributed by atoms with Crippen molar-refractivity contribution in [1.29, 1.82) is 0 Å². The molecular formula is C13H15N3O. The van der Waals surface area contributed by atoms with E-state index in [0.717, 1.165) is 22.9 Å². The van der Waals surface area contributed by atoms with Crippen LogP contribution in [0.3, 0.4) is 0 Å². The molecule has 2 aromatic rings. The van der Waals surface area contributed by atoms with Gasteiger partial charge in [0.25, 0.3) is 0 Å². The van der Waals surface area contributed by atoms with Crippen molar-refractivity contribution in [2.45, 2.75) is 20.4 Å². The molecule has 0 radical (unpaired) electrons. The van der Waals surface area contributed by atoms with E-state index in [1.54, 1.807) is 12.1 Å². The third kappa shape index (κ3) is 3.17. The fraction of sp³-hybridized carbons (Fsp3) is 0.231. The van der Waals surface area contributed by atoms with E-state index < -0.39 is 0 Å². The van der Waals surface area contributed by atoms with Gasteiger partial charge in [0.1, 0.15) is 17.4 Å². The van der Waals surface area contributed by atoms with Crippen LogP contribution in [0.4, 0.5) is 5.82 Å². The van der Waals surface area contributed by atoms with E-state index in [0.29, 0.717) is 6.54 Å². The van der Waals surface area contributed by atoms with Crippen LogP contribution in [0.25, 0.3) is 0 Å². The van der Waals surface area contributed by atoms with Crippen molar-refractivity contribution in [2.24, 2.45) is 0 Å². The van der Waals surface area contributed by atoms with Gasteiger partial charge in [-0.25, -0.2) is 9.97 Å². The summed E-state index contributed by atoms with van der Waals surface area (Å²) in [5, 5.41) is 12.4. The predicted molar refractivity (Wildman–Crippen MR) is 66.9 cm³/mol. The molecule has 0 aliphatic heterocycles. The largest absolute Gasteiger partial charge is 0.508 e. The van der Waals surface area contributed by atoms with E-state index in [1.165, 1.54) is 0 Å². The normalized spacial score (nSPS) is 10.2. The van der Waals surface area contributed by atoms with Gasteiger partial charge in [-0.05, 0) is 31.5 Å². The topological polar surface area (TPSA) is 58.0 Å². The summed E-state index contributed by atoms with van der Waals surface area (Å²) in [7, 11) is 0. The van der Waals surface area contributed by atoms with Gasteiger partial charge in [0.15, 0.2) is 0 Å². The van der Waals surface area contributed by atoms with Crippen LogP contribution in [-0.4, -0.2) is 15.1 Å². The number of nitrogens with zero attached hydrogens (tertiary/aromatic N) is 2. The Morgan fingerprint density at radius 1 is 1.12 bits per heavy atom. The summed E-state index contributed by atoms with van der Waals surface area (Å²) in [6, 6.07) is 9.01. The molecule has 4 heteroatoms. The second kappa shape index (κ2) is 4.82. The molecule has 17 heavy (non-hydrogen) atoms. The summed E-state index contributed by atoms with van der Waals surface area (Å²) in [6.07, 6.45) is 0. The first kappa shape index (κ1) is 11.4. The van der Waals surface area contributed by atoms with Gasteiger partial charge in [0.2, 0.25) is 0 Å². The molecule has 0 saturated carbocycles. The Balaban J connectivity index is 2.04. The molecule has 88 valence electrons. The number of nitrogens with one attached hydrogen (secondary N) is 1. The van der Waals surface area contributed by atoms with Gasteiger partial charge in [-0.2, -0.15) is 0 Å². The minimum absolute atomic E-state index is 0.280. The Kier molecular flexibility index (Phi) is 3.23. The molecule has 2 rings (SSSR count). The van der Waals surface area contributed by atoms with Crippen molar-refractivity contribution in [3.05, 3.63) is 47.4 Å². The second-order valence-corrected chi connectivity index (χ2v) is 3.96. The highest BCUT2D eigenvalue weighted by molar-refractivity contribution is 5.37. The van der Waals surface area contributed by atoms with Crippen LogP contribution in [0.15, 0.2) is 30.3 Å². The van der Waals surface area contributed by atoms with Crippen molar-refractivity contribution < 1.29 is 5.11 Å². The number of phenols is 1. The van der Waals surface area contributed by atoms with E-state index in [4.69, 9.17) is 0 Å². The summed E-state index contributed by atoms with van der Waals surface area (Å²) >= 11 is 0. The van der Waals surface area contributed by atoms with Crippen molar-refractivity contribution in [1.82, 2.24) is 9.97 Å². The van der Waals surface area contributed by atoms with Crippen LogP contribution in [0.1, 0.15) is 17.1 Å². The molecule has 0 spiro atoms. The average Bonchev–Trinajstić information content (AvgIpc) is 2.27. The SMILES string of the molecule is Cc1cc(NCc2ccc(O)cc2)nc(C)n1. The molecule has 0 aliphatic carbocycles. The smallest absolute Gasteiger partial charge is 0.130 e. The van der Waals surface area contributed by atoms with E-state index >= 15 is 0 Å². The van der Waals surface area contributed by atoms with E-state index in [-0.39, 0.29) is 5.75 Å². The van der Waals surface area contributed by atoms with Gasteiger partial charge in [-0.1, -0.05) is 12.1 Å². The molecule has 0 aliphatic rings. The number of aromatic nitrogens is 2. The highest BCUT2D eigenvalue weighted by atomic mass is 16.3. The first-order valence-electron chi connectivity index (χ1n) is 5.47. The van der Waals surface area contributed by atoms with Crippen LogP contribution < -0.4 is 5.32 Å². The zero-order chi connectivity index (χ0) is 12.3. The summed E-state index contributed by atoms with van der Waals surface area (Å²) in [4.78, 5) is 8.51. The maximum atomic E-state index is 9.17. The van der Waals surface area contributed by atoms with Crippen LogP contribution in [0, 0.1) is 13.8 Å². The monoisotopic (exact) mass is 229 g/mol. The molecular weight excluding hydrogens is 214 g/mol. The lowest BCUT2D eigenvalue weighted by Crippen LogP contribution is -2.03. The number of phenolic OH excluding ortho intramolecular Hbond substituents is 1. The van der Waals surface area contributed by atoms with Crippen LogP contribution >= 0.6 is 0 Å². The van der Waals surface area contributed by atoms with Crippen molar-refractivity contribution in [2.75, 3.05) is 5.32 Å². The second-order valence-electron chi connectivity index (χ2n) is 3.96. The Bertz CT molecular complexity index is 488. The molecule has 1 heterocycles. The quantitative estimate of drug-likeness (QED) is 0.848. The molecule has 1 aromatic heterocycles. The maximum Gasteiger partial charge on any atom is 0.130 e. The Morgan fingerprint density at radius 3 is 2.47 bits per heavy atom. The average molecular weight is 229 g/mol. The molecule has 0 saturated heterocycles. The van der Waals surface area contributed by atoms with Crippen LogP contribution in [-0.2, 0) is 6.54 Å². The molecule has 0 unspecified atom stereocenters. The first-order valence-corrected chi connectivity index (χ1v) is 5.47. The zero-order valence-corrected chi connectivity index (χ0v) is 9.94. The van der Waals surface area contributed by atoms with E-state index in [1.807, 2.05) is 32.0 Å². The molecule has 0 fully saturated rings. The zero-order valence-electron chi connectivity index (χ0n) is 9.94. The van der Waals surface area contributed by atoms with Gasteiger partial charge in [0.05, 0.1) is 0 Å². The number of hydrogen-bond donors (Lipinski definition) is 2. The van der Waals surface area contributed by atoms with Crippen molar-refractivity contribution in [3.8, 4) is 5.75 Å². The molecule has 0 atom stereocenters. The fourth-order valence-electron chi connectivity index (χ4n) is 1.61. The van der Waals surface area contributed by atoms with Crippen LogP contribution in [0.5, 0.6) is 5.75 Å².